The lowest BCUT2D eigenvalue weighted by molar-refractivity contribution is -0.112. The maximum atomic E-state index is 11.6. The van der Waals surface area contributed by atoms with E-state index < -0.39 is 0 Å². The minimum atomic E-state index is 0.327. The Kier molecular flexibility index (Phi) is 12.7. The van der Waals surface area contributed by atoms with Crippen molar-refractivity contribution < 1.29 is 14.3 Å². The second-order valence-corrected chi connectivity index (χ2v) is 15.7. The van der Waals surface area contributed by atoms with Gasteiger partial charge in [-0.2, -0.15) is 0 Å². The highest BCUT2D eigenvalue weighted by molar-refractivity contribution is 5.53. The fourth-order valence-corrected chi connectivity index (χ4v) is 10.3. The van der Waals surface area contributed by atoms with Crippen LogP contribution < -0.4 is 0 Å². The second kappa shape index (κ2) is 15.7. The molecule has 6 unspecified atom stereocenters. The lowest BCUT2D eigenvalue weighted by atomic mass is 9.67. The van der Waals surface area contributed by atoms with Gasteiger partial charge in [0.2, 0.25) is 0 Å². The number of aldehydes is 1. The fraction of sp³-hybridized carbons (Fsp3) is 0.972. The Morgan fingerprint density at radius 1 is 0.462 bits per heavy atom. The quantitative estimate of drug-likeness (QED) is 0.229. The number of hydrogen-bond donors (Lipinski definition) is 0. The minimum Gasteiger partial charge on any atom is -0.381 e. The van der Waals surface area contributed by atoms with Crippen LogP contribution in [0, 0.1) is 59.2 Å². The Morgan fingerprint density at radius 3 is 1.23 bits per heavy atom. The van der Waals surface area contributed by atoms with Gasteiger partial charge in [0.1, 0.15) is 6.29 Å². The molecule has 0 bridgehead atoms. The number of carbonyl (C=O) groups excluding carboxylic acids is 1. The predicted molar refractivity (Wildman–Crippen MR) is 163 cm³/mol. The molecule has 3 heteroatoms. The Bertz CT molecular complexity index is 685. The van der Waals surface area contributed by atoms with Crippen LogP contribution in [0.15, 0.2) is 0 Å². The predicted octanol–water partition coefficient (Wildman–Crippen LogP) is 9.51. The molecule has 0 aromatic rings. The van der Waals surface area contributed by atoms with Crippen LogP contribution in [0.2, 0.25) is 0 Å². The van der Waals surface area contributed by atoms with Gasteiger partial charge in [-0.1, -0.05) is 52.9 Å². The van der Waals surface area contributed by atoms with Gasteiger partial charge in [0.05, 0.1) is 12.2 Å². The van der Waals surface area contributed by atoms with Crippen LogP contribution in [0.5, 0.6) is 0 Å². The van der Waals surface area contributed by atoms with Crippen molar-refractivity contribution in [3.05, 3.63) is 0 Å². The van der Waals surface area contributed by atoms with Crippen molar-refractivity contribution in [3.8, 4) is 0 Å². The molecule has 39 heavy (non-hydrogen) atoms. The number of rotatable bonds is 12. The van der Waals surface area contributed by atoms with Crippen molar-refractivity contribution in [1.82, 2.24) is 0 Å². The number of ether oxygens (including phenoxy) is 2. The van der Waals surface area contributed by atoms with Gasteiger partial charge >= 0.3 is 0 Å². The van der Waals surface area contributed by atoms with Gasteiger partial charge in [0.15, 0.2) is 0 Å². The van der Waals surface area contributed by atoms with Gasteiger partial charge in [-0.3, -0.25) is 0 Å². The molecule has 12 atom stereocenters. The lowest BCUT2D eigenvalue weighted by Crippen LogP contribution is -2.32. The third-order valence-electron chi connectivity index (χ3n) is 11.9. The molecule has 0 aromatic heterocycles. The highest BCUT2D eigenvalue weighted by Crippen LogP contribution is 2.45. The number of hydrogen-bond acceptors (Lipinski definition) is 3. The zero-order valence-corrected chi connectivity index (χ0v) is 26.5. The van der Waals surface area contributed by atoms with Crippen LogP contribution in [0.4, 0.5) is 0 Å². The molecular formula is C36H64O3. The highest BCUT2D eigenvalue weighted by atomic mass is 16.5. The van der Waals surface area contributed by atoms with Crippen molar-refractivity contribution >= 4 is 6.29 Å². The standard InChI is InChI=1S/C36H64O3/c1-25-12-26(2)14-28(13-25)6-8-30-17-31(9-7-29-15-27(3)16-34(20-29)24-37)19-32(18-30)10-11-33-21-35(38-4)23-36(22-33)39-5/h24-36H,6-23H2,1-5H3/t25-,26?,27+,28?,29-,30?,31?,32-,33?,34+,35-,36?/m1/s1. The minimum absolute atomic E-state index is 0.327. The van der Waals surface area contributed by atoms with Crippen LogP contribution in [-0.4, -0.2) is 32.7 Å². The van der Waals surface area contributed by atoms with Crippen molar-refractivity contribution in [2.24, 2.45) is 59.2 Å². The maximum absolute atomic E-state index is 11.6. The van der Waals surface area contributed by atoms with E-state index in [1.807, 2.05) is 14.2 Å². The Morgan fingerprint density at radius 2 is 0.821 bits per heavy atom. The van der Waals surface area contributed by atoms with Crippen molar-refractivity contribution in [2.75, 3.05) is 14.2 Å². The molecule has 226 valence electrons. The second-order valence-electron chi connectivity index (χ2n) is 15.7. The van der Waals surface area contributed by atoms with Gasteiger partial charge in [0.25, 0.3) is 0 Å². The lowest BCUT2D eigenvalue weighted by Gasteiger charge is -2.39. The molecule has 0 saturated heterocycles. The zero-order chi connectivity index (χ0) is 27.8. The summed E-state index contributed by atoms with van der Waals surface area (Å²) in [6.45, 7) is 7.35. The first-order valence-corrected chi connectivity index (χ1v) is 17.3. The largest absolute Gasteiger partial charge is 0.381 e. The maximum Gasteiger partial charge on any atom is 0.123 e. The highest BCUT2D eigenvalue weighted by Gasteiger charge is 2.34. The Balaban J connectivity index is 1.31. The third kappa shape index (κ3) is 10.1. The molecule has 0 radical (unpaired) electrons. The van der Waals surface area contributed by atoms with E-state index in [-0.39, 0.29) is 0 Å². The zero-order valence-electron chi connectivity index (χ0n) is 26.5. The summed E-state index contributed by atoms with van der Waals surface area (Å²) in [6, 6.07) is 0. The molecule has 4 fully saturated rings. The van der Waals surface area contributed by atoms with Gasteiger partial charge in [-0.05, 0) is 137 Å². The first-order valence-electron chi connectivity index (χ1n) is 17.3. The van der Waals surface area contributed by atoms with Crippen molar-refractivity contribution in [2.45, 2.75) is 149 Å². The summed E-state index contributed by atoms with van der Waals surface area (Å²) in [7, 11) is 3.77. The van der Waals surface area contributed by atoms with E-state index in [2.05, 4.69) is 20.8 Å². The molecule has 0 amide bonds. The van der Waals surface area contributed by atoms with E-state index in [0.717, 1.165) is 72.5 Å². The van der Waals surface area contributed by atoms with Gasteiger partial charge < -0.3 is 14.3 Å². The van der Waals surface area contributed by atoms with E-state index in [1.54, 1.807) is 0 Å². The summed E-state index contributed by atoms with van der Waals surface area (Å²) in [5.74, 6) is 8.21. The summed E-state index contributed by atoms with van der Waals surface area (Å²) in [5.41, 5.74) is 0. The van der Waals surface area contributed by atoms with Crippen LogP contribution in [-0.2, 0) is 14.3 Å². The van der Waals surface area contributed by atoms with Crippen LogP contribution in [0.1, 0.15) is 136 Å². The van der Waals surface area contributed by atoms with Crippen LogP contribution >= 0.6 is 0 Å². The SMILES string of the molecule is COC1CC(CC[C@@H]2CC(CCC3CC(C)C[C@@H](C)C3)CC(CC[C@@H]3C[C@H](C)C[C@H](C=O)C3)C2)C[C@@H](OC)C1. The molecule has 0 aromatic carbocycles. The molecule has 0 spiro atoms. The fourth-order valence-electron chi connectivity index (χ4n) is 10.3. The average Bonchev–Trinajstić information content (AvgIpc) is 2.92. The average molecular weight is 545 g/mol. The first-order chi connectivity index (χ1) is 18.8. The molecule has 0 N–H and O–H groups in total. The summed E-state index contributed by atoms with van der Waals surface area (Å²) in [4.78, 5) is 11.6. The van der Waals surface area contributed by atoms with E-state index in [9.17, 15) is 4.79 Å². The summed E-state index contributed by atoms with van der Waals surface area (Å²) in [6.07, 6.45) is 26.5. The van der Waals surface area contributed by atoms with Crippen LogP contribution in [0.25, 0.3) is 0 Å². The van der Waals surface area contributed by atoms with Crippen molar-refractivity contribution in [3.63, 3.8) is 0 Å². The van der Waals surface area contributed by atoms with Crippen molar-refractivity contribution in [1.29, 1.82) is 0 Å². The van der Waals surface area contributed by atoms with E-state index in [1.165, 1.54) is 103 Å². The van der Waals surface area contributed by atoms with Gasteiger partial charge in [-0.25, -0.2) is 0 Å². The Labute approximate surface area is 242 Å². The first kappa shape index (κ1) is 31.5. The van der Waals surface area contributed by atoms with E-state index in [4.69, 9.17) is 9.47 Å². The molecule has 4 aliphatic carbocycles. The molecule has 4 saturated carbocycles. The topological polar surface area (TPSA) is 35.5 Å². The number of carbonyl (C=O) groups is 1. The van der Waals surface area contributed by atoms with Gasteiger partial charge in [-0.15, -0.1) is 0 Å². The smallest absolute Gasteiger partial charge is 0.123 e. The van der Waals surface area contributed by atoms with E-state index in [0.29, 0.717) is 18.1 Å². The molecule has 4 aliphatic rings. The molecular weight excluding hydrogens is 480 g/mol. The molecule has 0 heterocycles. The monoisotopic (exact) mass is 544 g/mol. The van der Waals surface area contributed by atoms with Gasteiger partial charge in [0, 0.05) is 20.1 Å². The Hall–Kier alpha value is -0.410. The normalized spacial score (nSPS) is 43.7. The summed E-state index contributed by atoms with van der Waals surface area (Å²) >= 11 is 0. The molecule has 3 nitrogen and oxygen atoms in total. The number of methoxy groups -OCH3 is 2. The van der Waals surface area contributed by atoms with Crippen LogP contribution in [0.3, 0.4) is 0 Å². The summed E-state index contributed by atoms with van der Waals surface area (Å²) in [5, 5.41) is 0. The van der Waals surface area contributed by atoms with E-state index >= 15 is 0 Å². The molecule has 0 aliphatic heterocycles. The summed E-state index contributed by atoms with van der Waals surface area (Å²) < 4.78 is 11.6. The third-order valence-corrected chi connectivity index (χ3v) is 11.9. The molecule has 4 rings (SSSR count).